The third-order valence-corrected chi connectivity index (χ3v) is 2.76. The van der Waals surface area contributed by atoms with Crippen molar-refractivity contribution in [2.45, 2.75) is 0 Å². The fourth-order valence-corrected chi connectivity index (χ4v) is 1.89. The lowest BCUT2D eigenvalue weighted by Gasteiger charge is -2.11. The van der Waals surface area contributed by atoms with Crippen molar-refractivity contribution >= 4 is 5.69 Å². The molecule has 0 heterocycles. The van der Waals surface area contributed by atoms with Gasteiger partial charge in [-0.1, -0.05) is 30.3 Å². The van der Waals surface area contributed by atoms with Crippen LogP contribution < -0.4 is 9.47 Å². The van der Waals surface area contributed by atoms with Gasteiger partial charge in [0.25, 0.3) is 0 Å². The Labute approximate surface area is 110 Å². The molecular weight excluding hydrogens is 246 g/mol. The second-order valence-corrected chi connectivity index (χ2v) is 3.85. The highest BCUT2D eigenvalue weighted by Crippen LogP contribution is 2.41. The SMILES string of the molecule is COc1cc(-c2ccccc2)c(OC)c([N+](=O)[O-])c1. The van der Waals surface area contributed by atoms with Crippen LogP contribution in [0.1, 0.15) is 0 Å². The summed E-state index contributed by atoms with van der Waals surface area (Å²) in [6, 6.07) is 12.4. The smallest absolute Gasteiger partial charge is 0.315 e. The number of rotatable bonds is 4. The first-order valence-corrected chi connectivity index (χ1v) is 5.63. The number of methoxy groups -OCH3 is 2. The van der Waals surface area contributed by atoms with Crippen LogP contribution in [0.15, 0.2) is 42.5 Å². The van der Waals surface area contributed by atoms with Gasteiger partial charge >= 0.3 is 5.69 Å². The predicted octanol–water partition coefficient (Wildman–Crippen LogP) is 3.28. The van der Waals surface area contributed by atoms with Gasteiger partial charge in [0.1, 0.15) is 5.75 Å². The minimum absolute atomic E-state index is 0.110. The van der Waals surface area contributed by atoms with E-state index in [-0.39, 0.29) is 11.4 Å². The molecule has 98 valence electrons. The van der Waals surface area contributed by atoms with Crippen LogP contribution >= 0.6 is 0 Å². The topological polar surface area (TPSA) is 61.6 Å². The average molecular weight is 259 g/mol. The Bertz CT molecular complexity index is 596. The molecule has 19 heavy (non-hydrogen) atoms. The van der Waals surface area contributed by atoms with E-state index in [2.05, 4.69) is 0 Å². The van der Waals surface area contributed by atoms with E-state index in [9.17, 15) is 10.1 Å². The van der Waals surface area contributed by atoms with Crippen molar-refractivity contribution in [1.82, 2.24) is 0 Å². The largest absolute Gasteiger partial charge is 0.496 e. The van der Waals surface area contributed by atoms with Gasteiger partial charge in [-0.3, -0.25) is 10.1 Å². The van der Waals surface area contributed by atoms with Crippen molar-refractivity contribution in [3.63, 3.8) is 0 Å². The van der Waals surface area contributed by atoms with Crippen LogP contribution in [0.5, 0.6) is 11.5 Å². The minimum atomic E-state index is -0.478. The first-order valence-electron chi connectivity index (χ1n) is 5.63. The summed E-state index contributed by atoms with van der Waals surface area (Å²) in [6.07, 6.45) is 0. The quantitative estimate of drug-likeness (QED) is 0.624. The van der Waals surface area contributed by atoms with Crippen molar-refractivity contribution in [3.05, 3.63) is 52.6 Å². The van der Waals surface area contributed by atoms with Gasteiger partial charge in [0, 0.05) is 5.56 Å². The van der Waals surface area contributed by atoms with Crippen molar-refractivity contribution in [1.29, 1.82) is 0 Å². The standard InChI is InChI=1S/C14H13NO4/c1-18-11-8-12(10-6-4-3-5-7-10)14(19-2)13(9-11)15(16)17/h3-9H,1-2H3. The van der Waals surface area contributed by atoms with Crippen LogP contribution in [0, 0.1) is 10.1 Å². The van der Waals surface area contributed by atoms with Crippen molar-refractivity contribution in [2.24, 2.45) is 0 Å². The van der Waals surface area contributed by atoms with E-state index in [1.807, 2.05) is 30.3 Å². The molecule has 5 heteroatoms. The van der Waals surface area contributed by atoms with Gasteiger partial charge in [-0.15, -0.1) is 0 Å². The Hall–Kier alpha value is -2.56. The summed E-state index contributed by atoms with van der Waals surface area (Å²) in [5.41, 5.74) is 1.36. The van der Waals surface area contributed by atoms with Gasteiger partial charge in [0.15, 0.2) is 0 Å². The molecular formula is C14H13NO4. The molecule has 2 aromatic carbocycles. The number of ether oxygens (including phenoxy) is 2. The monoisotopic (exact) mass is 259 g/mol. The molecule has 0 amide bonds. The molecule has 0 saturated carbocycles. The third kappa shape index (κ3) is 2.49. The maximum atomic E-state index is 11.1. The average Bonchev–Trinajstić information content (AvgIpc) is 2.46. The third-order valence-electron chi connectivity index (χ3n) is 2.76. The van der Waals surface area contributed by atoms with Crippen LogP contribution in [0.25, 0.3) is 11.1 Å². The molecule has 0 unspecified atom stereocenters. The summed E-state index contributed by atoms with van der Waals surface area (Å²) in [7, 11) is 2.89. The van der Waals surface area contributed by atoms with Crippen LogP contribution in [-0.2, 0) is 0 Å². The minimum Gasteiger partial charge on any atom is -0.496 e. The maximum Gasteiger partial charge on any atom is 0.315 e. The lowest BCUT2D eigenvalue weighted by Crippen LogP contribution is -1.97. The molecule has 0 aliphatic carbocycles. The molecule has 0 aliphatic heterocycles. The first-order chi connectivity index (χ1) is 9.17. The Balaban J connectivity index is 2.71. The molecule has 0 atom stereocenters. The van der Waals surface area contributed by atoms with E-state index in [0.29, 0.717) is 11.3 Å². The van der Waals surface area contributed by atoms with Gasteiger partial charge in [0.05, 0.1) is 25.2 Å². The summed E-state index contributed by atoms with van der Waals surface area (Å²) in [5, 5.41) is 11.1. The van der Waals surface area contributed by atoms with E-state index in [4.69, 9.17) is 9.47 Å². The van der Waals surface area contributed by atoms with E-state index >= 15 is 0 Å². The van der Waals surface area contributed by atoms with Crippen molar-refractivity contribution in [2.75, 3.05) is 14.2 Å². The molecule has 0 N–H and O–H groups in total. The summed E-state index contributed by atoms with van der Waals surface area (Å²) >= 11 is 0. The zero-order valence-corrected chi connectivity index (χ0v) is 10.6. The maximum absolute atomic E-state index is 11.1. The number of nitrogens with zero attached hydrogens (tertiary/aromatic N) is 1. The van der Waals surface area contributed by atoms with E-state index in [0.717, 1.165) is 5.56 Å². The van der Waals surface area contributed by atoms with Crippen LogP contribution in [0.4, 0.5) is 5.69 Å². The highest BCUT2D eigenvalue weighted by Gasteiger charge is 2.21. The van der Waals surface area contributed by atoms with Gasteiger partial charge in [0.2, 0.25) is 5.75 Å². The molecule has 2 rings (SSSR count). The predicted molar refractivity (Wildman–Crippen MR) is 71.6 cm³/mol. The Kier molecular flexibility index (Phi) is 3.66. The van der Waals surface area contributed by atoms with Crippen molar-refractivity contribution in [3.8, 4) is 22.6 Å². The van der Waals surface area contributed by atoms with E-state index in [1.165, 1.54) is 20.3 Å². The highest BCUT2D eigenvalue weighted by atomic mass is 16.6. The first kappa shape index (κ1) is 12.9. The van der Waals surface area contributed by atoms with Crippen LogP contribution in [0.2, 0.25) is 0 Å². The lowest BCUT2D eigenvalue weighted by molar-refractivity contribution is -0.385. The summed E-state index contributed by atoms with van der Waals surface area (Å²) in [6.45, 7) is 0. The molecule has 5 nitrogen and oxygen atoms in total. The van der Waals surface area contributed by atoms with Crippen molar-refractivity contribution < 1.29 is 14.4 Å². The molecule has 0 radical (unpaired) electrons. The van der Waals surface area contributed by atoms with E-state index < -0.39 is 4.92 Å². The van der Waals surface area contributed by atoms with Gasteiger partial charge in [-0.05, 0) is 11.6 Å². The van der Waals surface area contributed by atoms with Gasteiger partial charge < -0.3 is 9.47 Å². The Morgan fingerprint density at radius 3 is 2.26 bits per heavy atom. The molecule has 0 spiro atoms. The van der Waals surface area contributed by atoms with Crippen LogP contribution in [-0.4, -0.2) is 19.1 Å². The molecule has 0 aliphatic rings. The summed E-state index contributed by atoms with van der Waals surface area (Å²) in [4.78, 5) is 10.6. The molecule has 0 bridgehead atoms. The molecule has 0 saturated heterocycles. The number of nitro groups is 1. The summed E-state index contributed by atoms with van der Waals surface area (Å²) < 4.78 is 10.3. The number of hydrogen-bond donors (Lipinski definition) is 0. The fourth-order valence-electron chi connectivity index (χ4n) is 1.89. The van der Waals surface area contributed by atoms with Crippen LogP contribution in [0.3, 0.4) is 0 Å². The zero-order chi connectivity index (χ0) is 13.8. The van der Waals surface area contributed by atoms with Gasteiger partial charge in [-0.2, -0.15) is 0 Å². The zero-order valence-electron chi connectivity index (χ0n) is 10.6. The second kappa shape index (κ2) is 5.39. The Morgan fingerprint density at radius 1 is 1.05 bits per heavy atom. The summed E-state index contributed by atoms with van der Waals surface area (Å²) in [5.74, 6) is 0.656. The molecule has 0 aromatic heterocycles. The number of hydrogen-bond acceptors (Lipinski definition) is 4. The lowest BCUT2D eigenvalue weighted by atomic mass is 10.0. The van der Waals surface area contributed by atoms with Gasteiger partial charge in [-0.25, -0.2) is 0 Å². The Morgan fingerprint density at radius 2 is 1.74 bits per heavy atom. The highest BCUT2D eigenvalue weighted by molar-refractivity contribution is 5.77. The number of benzene rings is 2. The molecule has 0 fully saturated rings. The van der Waals surface area contributed by atoms with E-state index in [1.54, 1.807) is 6.07 Å². The second-order valence-electron chi connectivity index (χ2n) is 3.85. The normalized spacial score (nSPS) is 10.0. The molecule has 2 aromatic rings. The number of nitro benzene ring substituents is 1. The fraction of sp³-hybridized carbons (Fsp3) is 0.143.